The van der Waals surface area contributed by atoms with Crippen LogP contribution in [0.5, 0.6) is 0 Å². The first-order valence-electron chi connectivity index (χ1n) is 15.9. The number of aromatic amines is 1. The van der Waals surface area contributed by atoms with Crippen molar-refractivity contribution in [3.63, 3.8) is 0 Å². The number of benzene rings is 1. The molecular weight excluding hydrogens is 592 g/mol. The number of rotatable bonds is 16. The predicted molar refractivity (Wildman–Crippen MR) is 173 cm³/mol. The fourth-order valence-electron chi connectivity index (χ4n) is 5.27. The molecule has 1 aliphatic heterocycles. The molecule has 2 heterocycles. The van der Waals surface area contributed by atoms with Gasteiger partial charge in [0.15, 0.2) is 0 Å². The normalized spacial score (nSPS) is 18.4. The van der Waals surface area contributed by atoms with Crippen molar-refractivity contribution in [2.75, 3.05) is 13.6 Å². The minimum Gasteiger partial charge on any atom is -0.459 e. The van der Waals surface area contributed by atoms with E-state index in [2.05, 4.69) is 41.6 Å². The molecule has 3 rings (SSSR count). The van der Waals surface area contributed by atoms with Crippen LogP contribution in [0, 0.1) is 5.92 Å². The minimum atomic E-state index is -0.815. The molecule has 3 N–H and O–H groups in total. The zero-order valence-corrected chi connectivity index (χ0v) is 27.3. The Hall–Kier alpha value is -4.32. The van der Waals surface area contributed by atoms with E-state index < -0.39 is 41.6 Å². The summed E-state index contributed by atoms with van der Waals surface area (Å²) in [6, 6.07) is 8.14. The van der Waals surface area contributed by atoms with E-state index in [0.29, 0.717) is 25.2 Å². The molecule has 2 amide bonds. The lowest BCUT2D eigenvalue weighted by Crippen LogP contribution is -2.33. The number of hydrogen-bond acceptors (Lipinski definition) is 8. The quantitative estimate of drug-likeness (QED) is 0.143. The van der Waals surface area contributed by atoms with E-state index in [1.165, 1.54) is 35.5 Å². The fourth-order valence-corrected chi connectivity index (χ4v) is 5.27. The molecule has 1 unspecified atom stereocenters. The van der Waals surface area contributed by atoms with Crippen molar-refractivity contribution in [3.8, 4) is 0 Å². The molecule has 0 saturated carbocycles. The number of nitrogens with one attached hydrogen (secondary N) is 3. The smallest absolute Gasteiger partial charge is 0.330 e. The van der Waals surface area contributed by atoms with Gasteiger partial charge in [0.25, 0.3) is 5.56 Å². The number of carbonyl (C=O) groups is 4. The second-order valence-corrected chi connectivity index (χ2v) is 12.0. The van der Waals surface area contributed by atoms with Gasteiger partial charge in [-0.1, -0.05) is 52.0 Å². The molecule has 1 fully saturated rings. The van der Waals surface area contributed by atoms with Crippen LogP contribution in [-0.4, -0.2) is 58.9 Å². The number of esters is 1. The lowest BCUT2D eigenvalue weighted by atomic mass is 9.92. The number of carbonyl (C=O) groups excluding carboxylic acids is 4. The number of aromatic nitrogens is 2. The second-order valence-electron chi connectivity index (χ2n) is 12.0. The van der Waals surface area contributed by atoms with E-state index in [1.807, 2.05) is 26.0 Å². The van der Waals surface area contributed by atoms with Gasteiger partial charge in [0, 0.05) is 51.0 Å². The van der Waals surface area contributed by atoms with Gasteiger partial charge in [-0.2, -0.15) is 0 Å². The fraction of sp³-hybridized carbons (Fsp3) is 0.529. The Balaban J connectivity index is 1.52. The lowest BCUT2D eigenvalue weighted by Gasteiger charge is -2.17. The molecule has 12 heteroatoms. The summed E-state index contributed by atoms with van der Waals surface area (Å²) in [5.41, 5.74) is 0.891. The van der Waals surface area contributed by atoms with E-state index in [1.54, 1.807) is 0 Å². The maximum absolute atomic E-state index is 12.7. The van der Waals surface area contributed by atoms with Crippen LogP contribution in [0.3, 0.4) is 0 Å². The Morgan fingerprint density at radius 1 is 1.09 bits per heavy atom. The zero-order valence-electron chi connectivity index (χ0n) is 27.3. The van der Waals surface area contributed by atoms with Crippen molar-refractivity contribution in [3.05, 3.63) is 74.1 Å². The topological polar surface area (TPSA) is 166 Å². The Labute approximate surface area is 268 Å². The SMILES string of the molecule is CC[C@H]1O[C@@H](n2cc(/C=C/C(=O)NCCCC(=O)C(C)c3ccc(CC(C)C)cc3)c(=O)[nH]c2=O)C[C@@H]1OC(=O)CCC(=O)NC. The average Bonchev–Trinajstić information content (AvgIpc) is 3.43. The second kappa shape index (κ2) is 17.4. The Kier molecular flexibility index (Phi) is 13.7. The molecule has 0 aliphatic carbocycles. The molecule has 2 aromatic rings. The van der Waals surface area contributed by atoms with Crippen LogP contribution in [0.4, 0.5) is 0 Å². The van der Waals surface area contributed by atoms with Gasteiger partial charge in [-0.05, 0) is 42.4 Å². The van der Waals surface area contributed by atoms with Crippen LogP contribution < -0.4 is 21.9 Å². The summed E-state index contributed by atoms with van der Waals surface area (Å²) in [7, 11) is 1.48. The summed E-state index contributed by atoms with van der Waals surface area (Å²) in [5.74, 6) is -0.865. The van der Waals surface area contributed by atoms with Crippen molar-refractivity contribution < 1.29 is 28.7 Å². The van der Waals surface area contributed by atoms with Gasteiger partial charge < -0.3 is 20.1 Å². The predicted octanol–water partition coefficient (Wildman–Crippen LogP) is 3.15. The molecule has 4 atom stereocenters. The number of amides is 2. The van der Waals surface area contributed by atoms with E-state index in [0.717, 1.165) is 12.0 Å². The van der Waals surface area contributed by atoms with Crippen LogP contribution in [0.1, 0.15) is 95.1 Å². The van der Waals surface area contributed by atoms with Gasteiger partial charge >= 0.3 is 11.7 Å². The molecule has 1 aromatic carbocycles. The summed E-state index contributed by atoms with van der Waals surface area (Å²) in [6.45, 7) is 8.36. The standard InChI is InChI=1S/C34H46N4O8/c1-6-27-28(46-32(42)16-15-29(40)35-5)19-31(45-27)38-20-25(33(43)37-34(38)44)13-14-30(41)36-17-7-8-26(39)22(4)24-11-9-23(10-12-24)18-21(2)3/h9-14,20-22,27-28,31H,6-8,15-19H2,1-5H3,(H,35,40)(H,36,41)(H,37,43,44)/b14-13+/t22?,27-,28+,31-/m1/s1. The first-order valence-corrected chi connectivity index (χ1v) is 15.9. The Morgan fingerprint density at radius 2 is 1.80 bits per heavy atom. The van der Waals surface area contributed by atoms with Crippen molar-refractivity contribution in [2.45, 2.75) is 97.0 Å². The Morgan fingerprint density at radius 3 is 2.46 bits per heavy atom. The zero-order chi connectivity index (χ0) is 33.8. The molecule has 250 valence electrons. The number of H-pyrrole nitrogens is 1. The highest BCUT2D eigenvalue weighted by Gasteiger charge is 2.38. The lowest BCUT2D eigenvalue weighted by molar-refractivity contribution is -0.153. The van der Waals surface area contributed by atoms with E-state index >= 15 is 0 Å². The molecule has 1 aromatic heterocycles. The highest BCUT2D eigenvalue weighted by molar-refractivity contribution is 5.91. The van der Waals surface area contributed by atoms with E-state index in [-0.39, 0.29) is 49.0 Å². The maximum Gasteiger partial charge on any atom is 0.330 e. The van der Waals surface area contributed by atoms with Crippen molar-refractivity contribution in [1.82, 2.24) is 20.2 Å². The number of Topliss-reactive ketones (excluding diaryl/α,β-unsaturated/α-hetero) is 1. The van der Waals surface area contributed by atoms with Crippen molar-refractivity contribution >= 4 is 29.6 Å². The molecule has 0 spiro atoms. The van der Waals surface area contributed by atoms with Gasteiger partial charge in [-0.15, -0.1) is 0 Å². The average molecular weight is 639 g/mol. The van der Waals surface area contributed by atoms with E-state index in [4.69, 9.17) is 9.47 Å². The van der Waals surface area contributed by atoms with Crippen LogP contribution in [0.2, 0.25) is 0 Å². The van der Waals surface area contributed by atoms with Crippen molar-refractivity contribution in [1.29, 1.82) is 0 Å². The van der Waals surface area contributed by atoms with Crippen LogP contribution >= 0.6 is 0 Å². The number of nitrogens with zero attached hydrogens (tertiary/aromatic N) is 1. The molecule has 0 bridgehead atoms. The third kappa shape index (κ3) is 10.6. The Bertz CT molecular complexity index is 1510. The van der Waals surface area contributed by atoms with Crippen molar-refractivity contribution in [2.24, 2.45) is 5.92 Å². The summed E-state index contributed by atoms with van der Waals surface area (Å²) in [5, 5.41) is 5.16. The highest BCUT2D eigenvalue weighted by atomic mass is 16.6. The van der Waals surface area contributed by atoms with Gasteiger partial charge in [-0.25, -0.2) is 4.79 Å². The first kappa shape index (κ1) is 36.2. The molecule has 0 radical (unpaired) electrons. The van der Waals surface area contributed by atoms with Crippen LogP contribution in [-0.2, 0) is 35.1 Å². The van der Waals surface area contributed by atoms with Gasteiger partial charge in [0.2, 0.25) is 11.8 Å². The third-order valence-corrected chi connectivity index (χ3v) is 7.93. The number of ketones is 1. The summed E-state index contributed by atoms with van der Waals surface area (Å²) in [6.07, 6.45) is 4.20. The molecule has 1 aliphatic rings. The molecular formula is C34H46N4O8. The first-order chi connectivity index (χ1) is 21.9. The molecule has 1 saturated heterocycles. The molecule has 46 heavy (non-hydrogen) atoms. The maximum atomic E-state index is 12.7. The largest absolute Gasteiger partial charge is 0.459 e. The third-order valence-electron chi connectivity index (χ3n) is 7.93. The van der Waals surface area contributed by atoms with E-state index in [9.17, 15) is 28.8 Å². The number of ether oxygens (including phenoxy) is 2. The summed E-state index contributed by atoms with van der Waals surface area (Å²) < 4.78 is 12.7. The minimum absolute atomic E-state index is 0.00319. The van der Waals surface area contributed by atoms with Gasteiger partial charge in [0.1, 0.15) is 18.1 Å². The van der Waals surface area contributed by atoms with Crippen LogP contribution in [0.25, 0.3) is 6.08 Å². The highest BCUT2D eigenvalue weighted by Crippen LogP contribution is 2.32. The van der Waals surface area contributed by atoms with Gasteiger partial charge in [0.05, 0.1) is 18.1 Å². The van der Waals surface area contributed by atoms with Crippen LogP contribution in [0.15, 0.2) is 46.1 Å². The summed E-state index contributed by atoms with van der Waals surface area (Å²) >= 11 is 0. The summed E-state index contributed by atoms with van der Waals surface area (Å²) in [4.78, 5) is 76.1. The monoisotopic (exact) mass is 638 g/mol. The number of hydrogen-bond donors (Lipinski definition) is 3. The van der Waals surface area contributed by atoms with Gasteiger partial charge in [-0.3, -0.25) is 33.5 Å². The molecule has 12 nitrogen and oxygen atoms in total.